The average Bonchev–Trinajstić information content (AvgIpc) is 3.01. The van der Waals surface area contributed by atoms with Crippen molar-refractivity contribution in [2.45, 2.75) is 39.2 Å². The number of carbonyl (C=O) groups is 1. The largest absolute Gasteiger partial charge is 0.461 e. The van der Waals surface area contributed by atoms with Crippen molar-refractivity contribution in [3.63, 3.8) is 0 Å². The number of esters is 1. The fourth-order valence-electron chi connectivity index (χ4n) is 5.70. The third-order valence-corrected chi connectivity index (χ3v) is 7.36. The molecule has 2 aliphatic carbocycles. The first-order valence-electron chi connectivity index (χ1n) is 10.9. The lowest BCUT2D eigenvalue weighted by molar-refractivity contribution is -0.145. The van der Waals surface area contributed by atoms with Crippen LogP contribution >= 0.6 is 0 Å². The van der Waals surface area contributed by atoms with Crippen LogP contribution in [0.2, 0.25) is 0 Å². The summed E-state index contributed by atoms with van der Waals surface area (Å²) in [5.74, 6) is 0.951. The Balaban J connectivity index is 1.28. The maximum Gasteiger partial charge on any atom is 0.311 e. The van der Waals surface area contributed by atoms with Gasteiger partial charge in [0.25, 0.3) is 0 Å². The molecule has 4 aliphatic rings. The van der Waals surface area contributed by atoms with Gasteiger partial charge in [-0.15, -0.1) is 0 Å². The van der Waals surface area contributed by atoms with E-state index in [9.17, 15) is 4.79 Å². The van der Waals surface area contributed by atoms with E-state index in [2.05, 4.69) is 45.8 Å². The first kappa shape index (κ1) is 18.8. The van der Waals surface area contributed by atoms with E-state index in [-0.39, 0.29) is 29.3 Å². The van der Waals surface area contributed by atoms with Gasteiger partial charge in [-0.1, -0.05) is 24.6 Å². The molecule has 0 spiro atoms. The Labute approximate surface area is 172 Å². The predicted octanol–water partition coefficient (Wildman–Crippen LogP) is 2.83. The third-order valence-electron chi connectivity index (χ3n) is 7.36. The second-order valence-electron chi connectivity index (χ2n) is 9.27. The Morgan fingerprint density at radius 3 is 2.72 bits per heavy atom. The number of hydrogen-bond donors (Lipinski definition) is 0. The van der Waals surface area contributed by atoms with Crippen LogP contribution in [-0.2, 0) is 9.53 Å². The molecule has 29 heavy (non-hydrogen) atoms. The van der Waals surface area contributed by atoms with Gasteiger partial charge in [0.05, 0.1) is 5.92 Å². The molecule has 5 rings (SSSR count). The Hall–Kier alpha value is -2.21. The number of allylic oxidation sites excluding steroid dienone is 3. The summed E-state index contributed by atoms with van der Waals surface area (Å²) in [6, 6.07) is 1.84. The zero-order chi connectivity index (χ0) is 20.0. The van der Waals surface area contributed by atoms with Gasteiger partial charge in [-0.3, -0.25) is 9.69 Å². The molecule has 0 unspecified atom stereocenters. The summed E-state index contributed by atoms with van der Waals surface area (Å²) in [5, 5.41) is 0. The highest BCUT2D eigenvalue weighted by Gasteiger charge is 2.51. The number of fused-ring (bicyclic) bond motifs is 2. The molecule has 1 aromatic heterocycles. The van der Waals surface area contributed by atoms with Crippen molar-refractivity contribution in [3.8, 4) is 0 Å². The number of aromatic nitrogens is 2. The van der Waals surface area contributed by atoms with Crippen LogP contribution in [0, 0.1) is 17.3 Å². The van der Waals surface area contributed by atoms with Gasteiger partial charge in [0.2, 0.25) is 5.95 Å². The third kappa shape index (κ3) is 3.37. The fourth-order valence-corrected chi connectivity index (χ4v) is 5.70. The van der Waals surface area contributed by atoms with Gasteiger partial charge in [-0.05, 0) is 43.2 Å². The molecule has 4 atom stereocenters. The Bertz CT molecular complexity index is 844. The van der Waals surface area contributed by atoms with Crippen molar-refractivity contribution < 1.29 is 9.53 Å². The molecule has 2 aliphatic heterocycles. The minimum absolute atomic E-state index is 0.00504. The van der Waals surface area contributed by atoms with Crippen LogP contribution in [0.25, 0.3) is 0 Å². The monoisotopic (exact) mass is 394 g/mol. The second-order valence-corrected chi connectivity index (χ2v) is 9.27. The lowest BCUT2D eigenvalue weighted by atomic mass is 9.62. The highest BCUT2D eigenvalue weighted by atomic mass is 16.6. The maximum absolute atomic E-state index is 12.8. The molecule has 1 aromatic rings. The minimum atomic E-state index is -0.0497. The molecule has 0 aromatic carbocycles. The molecule has 6 nitrogen and oxygen atoms in total. The first-order chi connectivity index (χ1) is 14.0. The number of nitrogens with zero attached hydrogens (tertiary/aromatic N) is 4. The normalized spacial score (nSPS) is 34.8. The molecule has 0 amide bonds. The van der Waals surface area contributed by atoms with Crippen LogP contribution < -0.4 is 4.90 Å². The van der Waals surface area contributed by atoms with E-state index < -0.39 is 0 Å². The number of rotatable bonds is 3. The maximum atomic E-state index is 12.8. The lowest BCUT2D eigenvalue weighted by Gasteiger charge is -2.43. The predicted molar refractivity (Wildman–Crippen MR) is 111 cm³/mol. The second kappa shape index (κ2) is 7.24. The van der Waals surface area contributed by atoms with Crippen LogP contribution in [0.15, 0.2) is 41.8 Å². The molecule has 2 fully saturated rings. The van der Waals surface area contributed by atoms with E-state index in [4.69, 9.17) is 4.74 Å². The fraction of sp³-hybridized carbons (Fsp3) is 0.609. The summed E-state index contributed by atoms with van der Waals surface area (Å²) >= 11 is 0. The van der Waals surface area contributed by atoms with Gasteiger partial charge in [0.15, 0.2) is 0 Å². The van der Waals surface area contributed by atoms with E-state index in [1.807, 2.05) is 6.07 Å². The zero-order valence-electron chi connectivity index (χ0n) is 17.4. The SMILES string of the molecule is CC1=CCC[C@]2(C)C[C@H]3OC(=O)[C@@H](CN4CCN(c5ncccn5)CC4)[C@H]3C=C12. The van der Waals surface area contributed by atoms with E-state index in [1.165, 1.54) is 11.1 Å². The summed E-state index contributed by atoms with van der Waals surface area (Å²) in [7, 11) is 0. The molecule has 0 bridgehead atoms. The van der Waals surface area contributed by atoms with Crippen LogP contribution in [0.3, 0.4) is 0 Å². The smallest absolute Gasteiger partial charge is 0.311 e. The molecule has 0 saturated carbocycles. The quantitative estimate of drug-likeness (QED) is 0.735. The van der Waals surface area contributed by atoms with Crippen molar-refractivity contribution in [2.75, 3.05) is 37.6 Å². The summed E-state index contributed by atoms with van der Waals surface area (Å²) in [5.41, 5.74) is 3.02. The van der Waals surface area contributed by atoms with Crippen LogP contribution in [-0.4, -0.2) is 59.7 Å². The molecule has 2 saturated heterocycles. The number of ether oxygens (including phenoxy) is 1. The van der Waals surface area contributed by atoms with Crippen molar-refractivity contribution in [1.29, 1.82) is 0 Å². The van der Waals surface area contributed by atoms with Gasteiger partial charge >= 0.3 is 5.97 Å². The van der Waals surface area contributed by atoms with Crippen molar-refractivity contribution in [1.82, 2.24) is 14.9 Å². The summed E-state index contributed by atoms with van der Waals surface area (Å²) in [4.78, 5) is 26.1. The van der Waals surface area contributed by atoms with Crippen LogP contribution in [0.1, 0.15) is 33.1 Å². The van der Waals surface area contributed by atoms with Crippen LogP contribution in [0.5, 0.6) is 0 Å². The summed E-state index contributed by atoms with van der Waals surface area (Å²) < 4.78 is 5.90. The number of anilines is 1. The standard InChI is InChI=1S/C23H30N4O2/c1-16-5-3-6-23(2)14-20-17(13-19(16)23)18(21(28)29-20)15-26-9-11-27(12-10-26)22-24-7-4-8-25-22/h4-5,7-8,13,17-18,20H,3,6,9-12,14-15H2,1-2H3/t17-,18+,20-,23-/m1/s1. The molecule has 6 heteroatoms. The van der Waals surface area contributed by atoms with Crippen molar-refractivity contribution in [2.24, 2.45) is 17.3 Å². The van der Waals surface area contributed by atoms with Gasteiger partial charge < -0.3 is 9.64 Å². The van der Waals surface area contributed by atoms with Gasteiger partial charge in [-0.25, -0.2) is 9.97 Å². The number of carbonyl (C=O) groups excluding carboxylic acids is 1. The van der Waals surface area contributed by atoms with E-state index in [1.54, 1.807) is 12.4 Å². The molecule has 0 N–H and O–H groups in total. The molecule has 154 valence electrons. The van der Waals surface area contributed by atoms with E-state index in [0.717, 1.165) is 57.9 Å². The van der Waals surface area contributed by atoms with Crippen LogP contribution in [0.4, 0.5) is 5.95 Å². The van der Waals surface area contributed by atoms with E-state index >= 15 is 0 Å². The molecular formula is C23H30N4O2. The zero-order valence-corrected chi connectivity index (χ0v) is 17.4. The Morgan fingerprint density at radius 1 is 1.21 bits per heavy atom. The lowest BCUT2D eigenvalue weighted by Crippen LogP contribution is -2.49. The van der Waals surface area contributed by atoms with Gasteiger partial charge in [-0.2, -0.15) is 0 Å². The summed E-state index contributed by atoms with van der Waals surface area (Å²) in [6.07, 6.45) is 11.6. The molecule has 0 radical (unpaired) electrons. The van der Waals surface area contributed by atoms with Gasteiger partial charge in [0, 0.05) is 51.0 Å². The number of hydrogen-bond acceptors (Lipinski definition) is 6. The van der Waals surface area contributed by atoms with Crippen molar-refractivity contribution in [3.05, 3.63) is 41.8 Å². The topological polar surface area (TPSA) is 58.6 Å². The number of piperazine rings is 1. The minimum Gasteiger partial charge on any atom is -0.461 e. The van der Waals surface area contributed by atoms with Gasteiger partial charge in [0.1, 0.15) is 6.10 Å². The molecule has 3 heterocycles. The summed E-state index contributed by atoms with van der Waals surface area (Å²) in [6.45, 7) is 8.98. The highest BCUT2D eigenvalue weighted by Crippen LogP contribution is 2.52. The highest BCUT2D eigenvalue weighted by molar-refractivity contribution is 5.76. The average molecular weight is 395 g/mol. The first-order valence-corrected chi connectivity index (χ1v) is 10.9. The Kier molecular flexibility index (Phi) is 4.69. The van der Waals surface area contributed by atoms with E-state index in [0.29, 0.717) is 0 Å². The van der Waals surface area contributed by atoms with Crippen molar-refractivity contribution >= 4 is 11.9 Å². The Morgan fingerprint density at radius 2 is 1.97 bits per heavy atom. The molecular weight excluding hydrogens is 364 g/mol.